The second kappa shape index (κ2) is 9.33. The van der Waals surface area contributed by atoms with Gasteiger partial charge in [-0.3, -0.25) is 4.79 Å². The SMILES string of the molecule is CNC(C)CNC(=O)c1ccccc1S(=O)(=O)N1CCOCC1.Cl. The van der Waals surface area contributed by atoms with Gasteiger partial charge in [0.25, 0.3) is 5.91 Å². The molecule has 1 aliphatic rings. The Hall–Kier alpha value is -1.19. The number of sulfonamides is 1. The van der Waals surface area contributed by atoms with Crippen molar-refractivity contribution >= 4 is 28.3 Å². The quantitative estimate of drug-likeness (QED) is 0.752. The number of amides is 1. The number of hydrogen-bond acceptors (Lipinski definition) is 5. The Morgan fingerprint density at radius 1 is 1.29 bits per heavy atom. The molecule has 24 heavy (non-hydrogen) atoms. The minimum atomic E-state index is -3.70. The van der Waals surface area contributed by atoms with Crippen LogP contribution < -0.4 is 10.6 Å². The van der Waals surface area contributed by atoms with Crippen molar-refractivity contribution in [1.82, 2.24) is 14.9 Å². The van der Waals surface area contributed by atoms with Crippen molar-refractivity contribution in [2.24, 2.45) is 0 Å². The van der Waals surface area contributed by atoms with Gasteiger partial charge in [0.1, 0.15) is 0 Å². The number of benzene rings is 1. The third-order valence-corrected chi connectivity index (χ3v) is 5.74. The van der Waals surface area contributed by atoms with Crippen LogP contribution in [0, 0.1) is 0 Å². The van der Waals surface area contributed by atoms with E-state index in [2.05, 4.69) is 10.6 Å². The molecule has 1 fully saturated rings. The number of nitrogens with zero attached hydrogens (tertiary/aromatic N) is 1. The number of rotatable bonds is 6. The van der Waals surface area contributed by atoms with Crippen LogP contribution in [0.25, 0.3) is 0 Å². The summed E-state index contributed by atoms with van der Waals surface area (Å²) in [6.45, 7) is 3.68. The van der Waals surface area contributed by atoms with Gasteiger partial charge in [-0.1, -0.05) is 12.1 Å². The van der Waals surface area contributed by atoms with E-state index in [1.54, 1.807) is 19.2 Å². The van der Waals surface area contributed by atoms with E-state index in [4.69, 9.17) is 4.74 Å². The lowest BCUT2D eigenvalue weighted by Crippen LogP contribution is -2.42. The van der Waals surface area contributed by atoms with Gasteiger partial charge in [0.2, 0.25) is 10.0 Å². The lowest BCUT2D eigenvalue weighted by molar-refractivity contribution is 0.0730. The van der Waals surface area contributed by atoms with Crippen molar-refractivity contribution in [2.75, 3.05) is 39.9 Å². The molecule has 1 atom stereocenters. The Morgan fingerprint density at radius 2 is 1.92 bits per heavy atom. The van der Waals surface area contributed by atoms with Crippen LogP contribution in [-0.2, 0) is 14.8 Å². The average Bonchev–Trinajstić information content (AvgIpc) is 2.60. The molecular weight excluding hydrogens is 354 g/mol. The van der Waals surface area contributed by atoms with Crippen LogP contribution >= 0.6 is 12.4 Å². The zero-order chi connectivity index (χ0) is 16.9. The first kappa shape index (κ1) is 20.9. The molecule has 1 aromatic rings. The molecule has 2 rings (SSSR count). The molecule has 1 aliphatic heterocycles. The monoisotopic (exact) mass is 377 g/mol. The second-order valence-corrected chi connectivity index (χ2v) is 7.32. The van der Waals surface area contributed by atoms with E-state index in [1.165, 1.54) is 16.4 Å². The van der Waals surface area contributed by atoms with Gasteiger partial charge in [-0.2, -0.15) is 4.31 Å². The molecule has 1 amide bonds. The highest BCUT2D eigenvalue weighted by Gasteiger charge is 2.30. The fourth-order valence-corrected chi connectivity index (χ4v) is 3.85. The topological polar surface area (TPSA) is 87.7 Å². The summed E-state index contributed by atoms with van der Waals surface area (Å²) in [6.07, 6.45) is 0. The molecule has 1 aromatic carbocycles. The van der Waals surface area contributed by atoms with Crippen LogP contribution in [-0.4, -0.2) is 64.6 Å². The minimum absolute atomic E-state index is 0. The van der Waals surface area contributed by atoms with Crippen molar-refractivity contribution in [3.05, 3.63) is 29.8 Å². The molecule has 1 unspecified atom stereocenters. The van der Waals surface area contributed by atoms with Gasteiger partial charge in [0.05, 0.1) is 23.7 Å². The molecule has 0 aliphatic carbocycles. The predicted octanol–water partition coefficient (Wildman–Crippen LogP) is 0.467. The van der Waals surface area contributed by atoms with Gasteiger partial charge in [-0.05, 0) is 26.1 Å². The van der Waals surface area contributed by atoms with E-state index >= 15 is 0 Å². The lowest BCUT2D eigenvalue weighted by Gasteiger charge is -2.26. The molecule has 1 saturated heterocycles. The normalized spacial score (nSPS) is 16.9. The molecule has 9 heteroatoms. The van der Waals surface area contributed by atoms with Gasteiger partial charge < -0.3 is 15.4 Å². The number of morpholine rings is 1. The number of hydrogen-bond donors (Lipinski definition) is 2. The Bertz CT molecular complexity index is 648. The van der Waals surface area contributed by atoms with Gasteiger partial charge in [-0.15, -0.1) is 12.4 Å². The summed E-state index contributed by atoms with van der Waals surface area (Å²) in [5.74, 6) is -0.389. The first-order valence-corrected chi connectivity index (χ1v) is 9.03. The number of ether oxygens (including phenoxy) is 1. The zero-order valence-corrected chi connectivity index (χ0v) is 15.5. The standard InChI is InChI=1S/C15H23N3O4S.ClH/c1-12(16-2)11-17-15(19)13-5-3-4-6-14(13)23(20,21)18-7-9-22-10-8-18;/h3-6,12,16H,7-11H2,1-2H3,(H,17,19);1H. The van der Waals surface area contributed by atoms with E-state index < -0.39 is 10.0 Å². The smallest absolute Gasteiger partial charge is 0.252 e. The summed E-state index contributed by atoms with van der Waals surface area (Å²) in [4.78, 5) is 12.4. The minimum Gasteiger partial charge on any atom is -0.379 e. The number of halogens is 1. The maximum absolute atomic E-state index is 12.8. The van der Waals surface area contributed by atoms with Crippen LogP contribution in [0.15, 0.2) is 29.2 Å². The molecule has 0 aromatic heterocycles. The van der Waals surface area contributed by atoms with Gasteiger partial charge in [0.15, 0.2) is 0 Å². The number of likely N-dealkylation sites (N-methyl/N-ethyl adjacent to an activating group) is 1. The molecule has 7 nitrogen and oxygen atoms in total. The number of carbonyl (C=O) groups excluding carboxylic acids is 1. The van der Waals surface area contributed by atoms with Crippen molar-refractivity contribution in [2.45, 2.75) is 17.9 Å². The third kappa shape index (κ3) is 4.90. The Morgan fingerprint density at radius 3 is 2.54 bits per heavy atom. The first-order chi connectivity index (χ1) is 11.0. The van der Waals surface area contributed by atoms with E-state index in [-0.39, 0.29) is 34.8 Å². The summed E-state index contributed by atoms with van der Waals surface area (Å²) in [5, 5.41) is 5.77. The Balaban J connectivity index is 0.00000288. The molecule has 0 bridgehead atoms. The highest BCUT2D eigenvalue weighted by molar-refractivity contribution is 7.89. The maximum Gasteiger partial charge on any atom is 0.252 e. The molecular formula is C15H24ClN3O4S. The molecule has 136 valence electrons. The van der Waals surface area contributed by atoms with Crippen molar-refractivity contribution in [3.63, 3.8) is 0 Å². The van der Waals surface area contributed by atoms with E-state index in [9.17, 15) is 13.2 Å². The second-order valence-electron chi connectivity index (χ2n) is 5.41. The fraction of sp³-hybridized carbons (Fsp3) is 0.533. The van der Waals surface area contributed by atoms with Gasteiger partial charge in [-0.25, -0.2) is 8.42 Å². The van der Waals surface area contributed by atoms with E-state index in [1.807, 2.05) is 6.92 Å². The molecule has 1 heterocycles. The van der Waals surface area contributed by atoms with Crippen molar-refractivity contribution in [3.8, 4) is 0 Å². The average molecular weight is 378 g/mol. The molecule has 0 saturated carbocycles. The largest absolute Gasteiger partial charge is 0.379 e. The van der Waals surface area contributed by atoms with Gasteiger partial charge >= 0.3 is 0 Å². The van der Waals surface area contributed by atoms with E-state index in [0.717, 1.165) is 0 Å². The summed E-state index contributed by atoms with van der Waals surface area (Å²) < 4.78 is 32.1. The van der Waals surface area contributed by atoms with Crippen LogP contribution in [0.2, 0.25) is 0 Å². The van der Waals surface area contributed by atoms with Crippen LogP contribution in [0.3, 0.4) is 0 Å². The maximum atomic E-state index is 12.8. The summed E-state index contributed by atoms with van der Waals surface area (Å²) in [5.41, 5.74) is 0.169. The van der Waals surface area contributed by atoms with Crippen molar-refractivity contribution in [1.29, 1.82) is 0 Å². The number of carbonyl (C=O) groups is 1. The highest BCUT2D eigenvalue weighted by atomic mass is 35.5. The van der Waals surface area contributed by atoms with Gasteiger partial charge in [0, 0.05) is 25.7 Å². The molecule has 0 radical (unpaired) electrons. The molecule has 0 spiro atoms. The van der Waals surface area contributed by atoms with Crippen molar-refractivity contribution < 1.29 is 17.9 Å². The fourth-order valence-electron chi connectivity index (χ4n) is 2.25. The van der Waals surface area contributed by atoms with Crippen LogP contribution in [0.4, 0.5) is 0 Å². The summed E-state index contributed by atoms with van der Waals surface area (Å²) in [7, 11) is -1.91. The zero-order valence-electron chi connectivity index (χ0n) is 13.8. The Labute approximate surface area is 149 Å². The van der Waals surface area contributed by atoms with Crippen LogP contribution in [0.1, 0.15) is 17.3 Å². The summed E-state index contributed by atoms with van der Waals surface area (Å²) in [6, 6.07) is 6.39. The lowest BCUT2D eigenvalue weighted by atomic mass is 10.2. The molecule has 2 N–H and O–H groups in total. The Kier molecular flexibility index (Phi) is 8.11. The first-order valence-electron chi connectivity index (χ1n) is 7.59. The third-order valence-electron chi connectivity index (χ3n) is 3.78. The highest BCUT2D eigenvalue weighted by Crippen LogP contribution is 2.21. The number of nitrogens with one attached hydrogen (secondary N) is 2. The summed E-state index contributed by atoms with van der Waals surface area (Å²) >= 11 is 0. The van der Waals surface area contributed by atoms with E-state index in [0.29, 0.717) is 32.8 Å². The predicted molar refractivity (Wildman–Crippen MR) is 94.1 cm³/mol. The van der Waals surface area contributed by atoms with Crippen LogP contribution in [0.5, 0.6) is 0 Å².